The maximum Gasteiger partial charge on any atom is 0.204 e. The summed E-state index contributed by atoms with van der Waals surface area (Å²) in [5.74, 6) is 1.95. The molecule has 346 valence electrons. The lowest BCUT2D eigenvalue weighted by molar-refractivity contribution is 0.111. The van der Waals surface area contributed by atoms with E-state index in [0.717, 1.165) is 31.3 Å². The second-order valence-corrected chi connectivity index (χ2v) is 18.3. The maximum atomic E-state index is 12.2. The fraction of sp³-hybridized carbons (Fsp3) is 0.873. The summed E-state index contributed by atoms with van der Waals surface area (Å²) in [5, 5.41) is 0. The van der Waals surface area contributed by atoms with E-state index in [0.29, 0.717) is 36.9 Å². The second kappa shape index (κ2) is 45.8. The predicted octanol–water partition coefficient (Wildman–Crippen LogP) is 19.1. The van der Waals surface area contributed by atoms with E-state index in [1.165, 1.54) is 250 Å². The van der Waals surface area contributed by atoms with Gasteiger partial charge >= 0.3 is 0 Å². The fourth-order valence-electron chi connectivity index (χ4n) is 8.47. The van der Waals surface area contributed by atoms with Crippen molar-refractivity contribution in [3.8, 4) is 17.2 Å². The first-order valence-corrected chi connectivity index (χ1v) is 26.8. The fourth-order valence-corrected chi connectivity index (χ4v) is 8.47. The Bertz CT molecular complexity index is 992. The van der Waals surface area contributed by atoms with Crippen molar-refractivity contribution in [2.45, 2.75) is 290 Å². The van der Waals surface area contributed by atoms with E-state index < -0.39 is 0 Å². The summed E-state index contributed by atoms with van der Waals surface area (Å²) >= 11 is 0. The zero-order valence-corrected chi connectivity index (χ0v) is 40.2. The van der Waals surface area contributed by atoms with Crippen LogP contribution in [0.25, 0.3) is 0 Å². The monoisotopic (exact) mass is 827 g/mol. The molecular weight excluding hydrogens is 725 g/mol. The first-order chi connectivity index (χ1) is 29.3. The van der Waals surface area contributed by atoms with Crippen LogP contribution in [0.15, 0.2) is 12.1 Å². The number of aldehydes is 1. The molecule has 0 spiro atoms. The molecule has 59 heavy (non-hydrogen) atoms. The highest BCUT2D eigenvalue weighted by atomic mass is 16.5. The molecule has 0 unspecified atom stereocenters. The Balaban J connectivity index is 2.45. The van der Waals surface area contributed by atoms with Crippen molar-refractivity contribution in [2.24, 2.45) is 0 Å². The van der Waals surface area contributed by atoms with Gasteiger partial charge in [-0.25, -0.2) is 0 Å². The zero-order valence-electron chi connectivity index (χ0n) is 40.2. The minimum atomic E-state index is 0.565. The highest BCUT2D eigenvalue weighted by Gasteiger charge is 2.18. The molecule has 0 aliphatic rings. The summed E-state index contributed by atoms with van der Waals surface area (Å²) in [5.41, 5.74) is 0.565. The molecule has 0 fully saturated rings. The number of ether oxygens (including phenoxy) is 3. The van der Waals surface area contributed by atoms with Crippen molar-refractivity contribution in [1.29, 1.82) is 0 Å². The lowest BCUT2D eigenvalue weighted by atomic mass is 10.0. The molecule has 0 N–H and O–H groups in total. The number of carbonyl (C=O) groups is 1. The molecule has 0 heterocycles. The Morgan fingerprint density at radius 2 is 0.542 bits per heavy atom. The van der Waals surface area contributed by atoms with Gasteiger partial charge in [0, 0.05) is 0 Å². The molecule has 0 atom stereocenters. The molecule has 4 nitrogen and oxygen atoms in total. The molecule has 0 amide bonds. The SMILES string of the molecule is CCCCCCCCCCCCCCCCOc1ccc(C=O)c(OCCCCCCCCCCCCCCCC)c1OCCCCCCCCCCCCCCCC. The van der Waals surface area contributed by atoms with Gasteiger partial charge in [0.05, 0.1) is 25.4 Å². The second-order valence-electron chi connectivity index (χ2n) is 18.3. The van der Waals surface area contributed by atoms with Crippen LogP contribution in [0.1, 0.15) is 301 Å². The van der Waals surface area contributed by atoms with Gasteiger partial charge in [-0.1, -0.05) is 271 Å². The Labute approximate surface area is 369 Å². The molecule has 4 heteroatoms. The van der Waals surface area contributed by atoms with Crippen LogP contribution >= 0.6 is 0 Å². The Morgan fingerprint density at radius 3 is 0.814 bits per heavy atom. The molecule has 0 aliphatic carbocycles. The number of rotatable bonds is 49. The molecule has 0 radical (unpaired) electrons. The first-order valence-electron chi connectivity index (χ1n) is 26.8. The van der Waals surface area contributed by atoms with E-state index >= 15 is 0 Å². The van der Waals surface area contributed by atoms with Gasteiger partial charge in [0.15, 0.2) is 17.8 Å². The third-order valence-electron chi connectivity index (χ3n) is 12.5. The van der Waals surface area contributed by atoms with Gasteiger partial charge in [0.25, 0.3) is 0 Å². The maximum absolute atomic E-state index is 12.2. The number of benzene rings is 1. The van der Waals surface area contributed by atoms with Crippen LogP contribution in [0.3, 0.4) is 0 Å². The normalized spacial score (nSPS) is 11.4. The van der Waals surface area contributed by atoms with Crippen molar-refractivity contribution in [1.82, 2.24) is 0 Å². The topological polar surface area (TPSA) is 44.8 Å². The minimum absolute atomic E-state index is 0.565. The van der Waals surface area contributed by atoms with Crippen LogP contribution in [0, 0.1) is 0 Å². The van der Waals surface area contributed by atoms with E-state index in [-0.39, 0.29) is 0 Å². The van der Waals surface area contributed by atoms with Crippen molar-refractivity contribution in [2.75, 3.05) is 19.8 Å². The van der Waals surface area contributed by atoms with Gasteiger partial charge < -0.3 is 14.2 Å². The van der Waals surface area contributed by atoms with Crippen LogP contribution in [0.4, 0.5) is 0 Å². The molecule has 1 aromatic rings. The van der Waals surface area contributed by atoms with E-state index in [9.17, 15) is 4.79 Å². The van der Waals surface area contributed by atoms with Crippen LogP contribution in [0.2, 0.25) is 0 Å². The molecule has 0 saturated carbocycles. The van der Waals surface area contributed by atoms with Crippen molar-refractivity contribution < 1.29 is 19.0 Å². The zero-order chi connectivity index (χ0) is 42.4. The molecule has 0 aromatic heterocycles. The van der Waals surface area contributed by atoms with Crippen molar-refractivity contribution >= 4 is 6.29 Å². The lowest BCUT2D eigenvalue weighted by Gasteiger charge is -2.18. The molecular formula is C55H102O4. The van der Waals surface area contributed by atoms with Gasteiger partial charge in [0.2, 0.25) is 5.75 Å². The van der Waals surface area contributed by atoms with Crippen LogP contribution in [0.5, 0.6) is 17.2 Å². The van der Waals surface area contributed by atoms with Crippen molar-refractivity contribution in [3.63, 3.8) is 0 Å². The summed E-state index contributed by atoms with van der Waals surface area (Å²) in [6.07, 6.45) is 57.2. The molecule has 0 saturated heterocycles. The highest BCUT2D eigenvalue weighted by molar-refractivity contribution is 5.82. The van der Waals surface area contributed by atoms with Crippen LogP contribution < -0.4 is 14.2 Å². The quantitative estimate of drug-likeness (QED) is 0.0485. The van der Waals surface area contributed by atoms with E-state index in [2.05, 4.69) is 20.8 Å². The van der Waals surface area contributed by atoms with Crippen LogP contribution in [-0.4, -0.2) is 26.1 Å². The van der Waals surface area contributed by atoms with Gasteiger partial charge in [0.1, 0.15) is 0 Å². The van der Waals surface area contributed by atoms with Gasteiger partial charge in [-0.05, 0) is 31.4 Å². The van der Waals surface area contributed by atoms with Crippen molar-refractivity contribution in [3.05, 3.63) is 17.7 Å². The standard InChI is InChI=1S/C55H102O4/c1-4-7-10-13-16-19-22-25-28-31-34-37-40-43-48-57-53-47-46-52(51-56)54(58-49-44-41-38-35-32-29-26-23-20-17-14-11-8-5-2)55(53)59-50-45-42-39-36-33-30-27-24-21-18-15-12-9-6-3/h46-47,51H,4-45,48-50H2,1-3H3. The lowest BCUT2D eigenvalue weighted by Crippen LogP contribution is -2.08. The Hall–Kier alpha value is -1.71. The first kappa shape index (κ1) is 55.3. The smallest absolute Gasteiger partial charge is 0.204 e. The highest BCUT2D eigenvalue weighted by Crippen LogP contribution is 2.40. The summed E-state index contributed by atoms with van der Waals surface area (Å²) in [6, 6.07) is 3.78. The third kappa shape index (κ3) is 35.6. The minimum Gasteiger partial charge on any atom is -0.490 e. The molecule has 1 rings (SSSR count). The summed E-state index contributed by atoms with van der Waals surface area (Å²) in [7, 11) is 0. The largest absolute Gasteiger partial charge is 0.490 e. The van der Waals surface area contributed by atoms with Crippen LogP contribution in [-0.2, 0) is 0 Å². The average Bonchev–Trinajstić information content (AvgIpc) is 3.25. The molecule has 0 aliphatic heterocycles. The van der Waals surface area contributed by atoms with Gasteiger partial charge in [-0.2, -0.15) is 0 Å². The Kier molecular flexibility index (Phi) is 42.9. The number of carbonyl (C=O) groups excluding carboxylic acids is 1. The molecule has 1 aromatic carbocycles. The Morgan fingerprint density at radius 1 is 0.305 bits per heavy atom. The van der Waals surface area contributed by atoms with Gasteiger partial charge in [-0.3, -0.25) is 4.79 Å². The molecule has 0 bridgehead atoms. The number of hydrogen-bond donors (Lipinski definition) is 0. The van der Waals surface area contributed by atoms with E-state index in [1.807, 2.05) is 12.1 Å². The number of hydrogen-bond acceptors (Lipinski definition) is 4. The summed E-state index contributed by atoms with van der Waals surface area (Å²) < 4.78 is 19.2. The average molecular weight is 827 g/mol. The summed E-state index contributed by atoms with van der Waals surface area (Å²) in [4.78, 5) is 12.2. The van der Waals surface area contributed by atoms with E-state index in [1.54, 1.807) is 0 Å². The number of unbranched alkanes of at least 4 members (excludes halogenated alkanes) is 39. The van der Waals surface area contributed by atoms with Gasteiger partial charge in [-0.15, -0.1) is 0 Å². The summed E-state index contributed by atoms with van der Waals surface area (Å²) in [6.45, 7) is 8.79. The van der Waals surface area contributed by atoms with E-state index in [4.69, 9.17) is 14.2 Å². The predicted molar refractivity (Wildman–Crippen MR) is 259 cm³/mol. The third-order valence-corrected chi connectivity index (χ3v) is 12.5.